The minimum atomic E-state index is -0.169. The van der Waals surface area contributed by atoms with Gasteiger partial charge in [0.2, 0.25) is 0 Å². The van der Waals surface area contributed by atoms with E-state index in [0.717, 1.165) is 49.4 Å². The van der Waals surface area contributed by atoms with Crippen molar-refractivity contribution in [3.8, 4) is 11.3 Å². The molecule has 162 valence electrons. The molecular weight excluding hydrogens is 418 g/mol. The summed E-state index contributed by atoms with van der Waals surface area (Å²) in [6, 6.07) is 5.16. The number of nitrogens with zero attached hydrogens (tertiary/aromatic N) is 5. The molecule has 9 heteroatoms. The first kappa shape index (κ1) is 20.2. The van der Waals surface area contributed by atoms with Gasteiger partial charge in [-0.3, -0.25) is 4.79 Å². The molecule has 2 aliphatic rings. The predicted molar refractivity (Wildman–Crippen MR) is 116 cm³/mol. The summed E-state index contributed by atoms with van der Waals surface area (Å²) in [6.45, 7) is 6.78. The Labute approximate surface area is 184 Å². The van der Waals surface area contributed by atoms with Crippen molar-refractivity contribution in [2.24, 2.45) is 5.92 Å². The summed E-state index contributed by atoms with van der Waals surface area (Å²) in [7, 11) is 0. The van der Waals surface area contributed by atoms with Crippen molar-refractivity contribution in [2.75, 3.05) is 24.6 Å². The van der Waals surface area contributed by atoms with Crippen LogP contribution in [0.15, 0.2) is 39.9 Å². The maximum atomic E-state index is 12.8. The molecule has 8 nitrogen and oxygen atoms in total. The molecule has 2 aliphatic heterocycles. The van der Waals surface area contributed by atoms with Crippen molar-refractivity contribution >= 4 is 17.3 Å². The van der Waals surface area contributed by atoms with Gasteiger partial charge in [-0.05, 0) is 37.8 Å². The summed E-state index contributed by atoms with van der Waals surface area (Å²) >= 11 is 5.88. The van der Waals surface area contributed by atoms with E-state index in [1.807, 2.05) is 13.0 Å². The molecule has 1 spiro atoms. The molecule has 31 heavy (non-hydrogen) atoms. The maximum absolute atomic E-state index is 12.8. The molecule has 0 amide bonds. The van der Waals surface area contributed by atoms with E-state index < -0.39 is 0 Å². The number of aromatic nitrogens is 4. The van der Waals surface area contributed by atoms with E-state index in [0.29, 0.717) is 22.5 Å². The van der Waals surface area contributed by atoms with Crippen molar-refractivity contribution in [1.29, 1.82) is 0 Å². The Kier molecular flexibility index (Phi) is 5.06. The van der Waals surface area contributed by atoms with Crippen LogP contribution in [0.2, 0.25) is 5.15 Å². The lowest BCUT2D eigenvalue weighted by Gasteiger charge is -2.53. The lowest BCUT2D eigenvalue weighted by molar-refractivity contribution is -0.110. The molecule has 5 rings (SSSR count). The van der Waals surface area contributed by atoms with Crippen LogP contribution in [0.4, 0.5) is 5.69 Å². The first-order valence-corrected chi connectivity index (χ1v) is 10.8. The van der Waals surface area contributed by atoms with Gasteiger partial charge in [0.1, 0.15) is 22.2 Å². The van der Waals surface area contributed by atoms with Crippen LogP contribution in [0.25, 0.3) is 11.3 Å². The Morgan fingerprint density at radius 1 is 1.29 bits per heavy atom. The normalized spacial score (nSPS) is 20.1. The third kappa shape index (κ3) is 3.85. The zero-order valence-corrected chi connectivity index (χ0v) is 18.3. The Balaban J connectivity index is 1.34. The monoisotopic (exact) mass is 441 g/mol. The molecule has 0 bridgehead atoms. The molecule has 0 aromatic carbocycles. The number of anilines is 1. The fourth-order valence-electron chi connectivity index (χ4n) is 4.51. The van der Waals surface area contributed by atoms with Crippen molar-refractivity contribution < 1.29 is 9.26 Å². The van der Waals surface area contributed by atoms with Gasteiger partial charge in [0.15, 0.2) is 0 Å². The van der Waals surface area contributed by atoms with E-state index in [-0.39, 0.29) is 17.7 Å². The molecule has 0 radical (unpaired) electrons. The third-order valence-corrected chi connectivity index (χ3v) is 6.43. The van der Waals surface area contributed by atoms with Gasteiger partial charge in [-0.25, -0.2) is 9.67 Å². The molecule has 0 N–H and O–H groups in total. The first-order valence-electron chi connectivity index (χ1n) is 10.5. The van der Waals surface area contributed by atoms with Crippen LogP contribution in [0.3, 0.4) is 0 Å². The second kappa shape index (κ2) is 7.76. The molecular formula is C22H24ClN5O3. The van der Waals surface area contributed by atoms with E-state index in [2.05, 4.69) is 27.1 Å². The van der Waals surface area contributed by atoms with Crippen LogP contribution in [-0.4, -0.2) is 45.2 Å². The SMILES string of the molecule is Cc1onc(-c2ccc(Cl)nc2)c1Cn1ncc(N2CC3(C[C@H](C)CCO3)C2)cc1=O. The quantitative estimate of drug-likeness (QED) is 0.574. The number of halogens is 1. The largest absolute Gasteiger partial charge is 0.371 e. The fraction of sp³-hybridized carbons (Fsp3) is 0.455. The van der Waals surface area contributed by atoms with Gasteiger partial charge >= 0.3 is 0 Å². The fourth-order valence-corrected chi connectivity index (χ4v) is 4.62. The summed E-state index contributed by atoms with van der Waals surface area (Å²) in [4.78, 5) is 19.1. The average molecular weight is 442 g/mol. The molecule has 0 unspecified atom stereocenters. The first-order chi connectivity index (χ1) is 14.9. The zero-order chi connectivity index (χ0) is 21.6. The van der Waals surface area contributed by atoms with Crippen molar-refractivity contribution in [1.82, 2.24) is 19.9 Å². The number of hydrogen-bond donors (Lipinski definition) is 0. The number of rotatable bonds is 4. The Morgan fingerprint density at radius 3 is 2.84 bits per heavy atom. The standard InChI is InChI=1S/C22H24ClN5O3/c1-14-5-6-30-22(8-14)12-27(13-22)17-7-20(29)28(25-10-17)11-18-15(2)31-26-21(18)16-3-4-19(23)24-9-16/h3-4,7,9-10,14H,5-6,8,11-13H2,1-2H3/t14-/m1/s1. The Hall–Kier alpha value is -2.71. The van der Waals surface area contributed by atoms with Crippen LogP contribution >= 0.6 is 11.6 Å². The molecule has 0 aliphatic carbocycles. The van der Waals surface area contributed by atoms with Crippen LogP contribution in [0, 0.1) is 12.8 Å². The Bertz CT molecular complexity index is 1150. The zero-order valence-electron chi connectivity index (χ0n) is 17.5. The van der Waals surface area contributed by atoms with Crippen molar-refractivity contribution in [3.05, 3.63) is 57.4 Å². The lowest BCUT2D eigenvalue weighted by atomic mass is 9.81. The molecule has 2 fully saturated rings. The van der Waals surface area contributed by atoms with Crippen LogP contribution in [0.5, 0.6) is 0 Å². The second-order valence-electron chi connectivity index (χ2n) is 8.63. The minimum Gasteiger partial charge on any atom is -0.371 e. The number of ether oxygens (including phenoxy) is 1. The summed E-state index contributed by atoms with van der Waals surface area (Å²) in [6.07, 6.45) is 5.57. The van der Waals surface area contributed by atoms with Gasteiger partial charge in [-0.2, -0.15) is 5.10 Å². The molecule has 0 saturated carbocycles. The summed E-state index contributed by atoms with van der Waals surface area (Å²) in [5.74, 6) is 1.31. The summed E-state index contributed by atoms with van der Waals surface area (Å²) in [5, 5.41) is 8.95. The summed E-state index contributed by atoms with van der Waals surface area (Å²) in [5.41, 5.74) is 2.79. The highest BCUT2D eigenvalue weighted by Crippen LogP contribution is 2.38. The van der Waals surface area contributed by atoms with E-state index in [4.69, 9.17) is 20.9 Å². The van der Waals surface area contributed by atoms with E-state index in [9.17, 15) is 4.79 Å². The van der Waals surface area contributed by atoms with Gasteiger partial charge < -0.3 is 14.2 Å². The highest BCUT2D eigenvalue weighted by atomic mass is 35.5. The Morgan fingerprint density at radius 2 is 2.13 bits per heavy atom. The number of hydrogen-bond acceptors (Lipinski definition) is 7. The molecule has 3 aromatic rings. The molecule has 1 atom stereocenters. The van der Waals surface area contributed by atoms with Crippen LogP contribution in [0.1, 0.15) is 31.1 Å². The third-order valence-electron chi connectivity index (χ3n) is 6.21. The predicted octanol–water partition coefficient (Wildman–Crippen LogP) is 3.31. The van der Waals surface area contributed by atoms with Gasteiger partial charge in [-0.1, -0.05) is 23.7 Å². The van der Waals surface area contributed by atoms with Crippen molar-refractivity contribution in [3.63, 3.8) is 0 Å². The average Bonchev–Trinajstić information content (AvgIpc) is 3.08. The smallest absolute Gasteiger partial charge is 0.269 e. The van der Waals surface area contributed by atoms with E-state index >= 15 is 0 Å². The van der Waals surface area contributed by atoms with Gasteiger partial charge in [0, 0.05) is 43.1 Å². The van der Waals surface area contributed by atoms with Crippen molar-refractivity contribution in [2.45, 2.75) is 38.8 Å². The highest BCUT2D eigenvalue weighted by molar-refractivity contribution is 6.29. The molecule has 5 heterocycles. The second-order valence-corrected chi connectivity index (χ2v) is 9.02. The minimum absolute atomic E-state index is 0.0619. The van der Waals surface area contributed by atoms with Crippen LogP contribution < -0.4 is 10.5 Å². The van der Waals surface area contributed by atoms with Gasteiger partial charge in [0.05, 0.1) is 18.4 Å². The van der Waals surface area contributed by atoms with Gasteiger partial charge in [-0.15, -0.1) is 0 Å². The molecule has 2 saturated heterocycles. The summed E-state index contributed by atoms with van der Waals surface area (Å²) < 4.78 is 12.8. The molecule has 3 aromatic heterocycles. The van der Waals surface area contributed by atoms with Gasteiger partial charge in [0.25, 0.3) is 5.56 Å². The topological polar surface area (TPSA) is 86.3 Å². The maximum Gasteiger partial charge on any atom is 0.269 e. The van der Waals surface area contributed by atoms with E-state index in [1.54, 1.807) is 24.5 Å². The lowest BCUT2D eigenvalue weighted by Crippen LogP contribution is -2.65. The number of aryl methyl sites for hydroxylation is 1. The van der Waals surface area contributed by atoms with Crippen LogP contribution in [-0.2, 0) is 11.3 Å². The number of pyridine rings is 1. The van der Waals surface area contributed by atoms with E-state index in [1.165, 1.54) is 4.68 Å². The highest BCUT2D eigenvalue weighted by Gasteiger charge is 2.47.